The fourth-order valence-corrected chi connectivity index (χ4v) is 4.99. The Kier molecular flexibility index (Phi) is 12.0. The van der Waals surface area contributed by atoms with Gasteiger partial charge in [-0.05, 0) is 61.7 Å². The second-order valence-electron chi connectivity index (χ2n) is 8.73. The third-order valence-electron chi connectivity index (χ3n) is 5.85. The lowest BCUT2D eigenvalue weighted by atomic mass is 10.1. The van der Waals surface area contributed by atoms with Gasteiger partial charge in [0.05, 0.1) is 29.1 Å². The number of hydrogen-bond donors (Lipinski definition) is 1. The van der Waals surface area contributed by atoms with Crippen LogP contribution in [0, 0.1) is 0 Å². The maximum atomic E-state index is 13.3. The standard InChI is InChI=1S/C26H35Cl2N3O5S/c1-5-6-15-29-26(33)19(2)30(18-20-9-14-23(27)24(28)17-20)25(32)8-7-16-31(37(4,34)35)21-10-12-22(36-3)13-11-21/h9-14,17,19H,5-8,15-16,18H2,1-4H3,(H,29,33)/t19-/m1/s1. The lowest BCUT2D eigenvalue weighted by Crippen LogP contribution is -2.48. The Bertz CT molecular complexity index is 1160. The summed E-state index contributed by atoms with van der Waals surface area (Å²) in [6, 6.07) is 11.0. The Labute approximate surface area is 229 Å². The van der Waals surface area contributed by atoms with Gasteiger partial charge < -0.3 is 15.0 Å². The number of ether oxygens (including phenoxy) is 1. The quantitative estimate of drug-likeness (QED) is 0.326. The number of hydrogen-bond acceptors (Lipinski definition) is 5. The van der Waals surface area contributed by atoms with Gasteiger partial charge in [0.15, 0.2) is 0 Å². The van der Waals surface area contributed by atoms with Crippen molar-refractivity contribution in [2.24, 2.45) is 0 Å². The van der Waals surface area contributed by atoms with Crippen molar-refractivity contribution in [3.8, 4) is 5.75 Å². The van der Waals surface area contributed by atoms with E-state index in [0.29, 0.717) is 28.0 Å². The van der Waals surface area contributed by atoms with E-state index in [2.05, 4.69) is 5.32 Å². The normalized spacial score (nSPS) is 12.1. The molecule has 1 N–H and O–H groups in total. The Morgan fingerprint density at radius 3 is 2.30 bits per heavy atom. The zero-order valence-electron chi connectivity index (χ0n) is 21.7. The van der Waals surface area contributed by atoms with Crippen LogP contribution >= 0.6 is 23.2 Å². The summed E-state index contributed by atoms with van der Waals surface area (Å²) in [6.07, 6.45) is 3.21. The molecule has 0 spiro atoms. The zero-order valence-corrected chi connectivity index (χ0v) is 24.0. The molecule has 11 heteroatoms. The van der Waals surface area contributed by atoms with Crippen LogP contribution in [0.5, 0.6) is 5.75 Å². The highest BCUT2D eigenvalue weighted by Crippen LogP contribution is 2.25. The van der Waals surface area contributed by atoms with E-state index >= 15 is 0 Å². The first-order valence-electron chi connectivity index (χ1n) is 12.1. The lowest BCUT2D eigenvalue weighted by Gasteiger charge is -2.29. The molecule has 2 rings (SSSR count). The Balaban J connectivity index is 2.16. The number of rotatable bonds is 14. The summed E-state index contributed by atoms with van der Waals surface area (Å²) in [4.78, 5) is 27.6. The van der Waals surface area contributed by atoms with Gasteiger partial charge in [0.1, 0.15) is 11.8 Å². The second kappa shape index (κ2) is 14.4. The van der Waals surface area contributed by atoms with Crippen LogP contribution in [0.3, 0.4) is 0 Å². The van der Waals surface area contributed by atoms with Gasteiger partial charge in [-0.15, -0.1) is 0 Å². The topological polar surface area (TPSA) is 96.0 Å². The molecule has 0 heterocycles. The highest BCUT2D eigenvalue weighted by Gasteiger charge is 2.26. The fraction of sp³-hybridized carbons (Fsp3) is 0.462. The SMILES string of the molecule is CCCCNC(=O)[C@@H](C)N(Cc1ccc(Cl)c(Cl)c1)C(=O)CCCN(c1ccc(OC)cc1)S(C)(=O)=O. The van der Waals surface area contributed by atoms with Gasteiger partial charge in [-0.25, -0.2) is 8.42 Å². The fourth-order valence-electron chi connectivity index (χ4n) is 3.71. The molecular weight excluding hydrogens is 537 g/mol. The molecule has 37 heavy (non-hydrogen) atoms. The van der Waals surface area contributed by atoms with E-state index in [-0.39, 0.29) is 37.7 Å². The van der Waals surface area contributed by atoms with Gasteiger partial charge in [-0.2, -0.15) is 0 Å². The molecule has 2 amide bonds. The number of halogens is 2. The van der Waals surface area contributed by atoms with Gasteiger partial charge in [0, 0.05) is 26.1 Å². The van der Waals surface area contributed by atoms with Gasteiger partial charge in [0.25, 0.3) is 0 Å². The maximum Gasteiger partial charge on any atom is 0.242 e. The van der Waals surface area contributed by atoms with Crippen molar-refractivity contribution in [1.29, 1.82) is 0 Å². The predicted molar refractivity (Wildman–Crippen MR) is 149 cm³/mol. The molecule has 204 valence electrons. The Hall–Kier alpha value is -2.49. The number of benzene rings is 2. The van der Waals surface area contributed by atoms with Crippen molar-refractivity contribution in [3.05, 3.63) is 58.1 Å². The van der Waals surface area contributed by atoms with Crippen LogP contribution in [0.1, 0.15) is 45.1 Å². The van der Waals surface area contributed by atoms with Crippen LogP contribution in [-0.4, -0.2) is 57.6 Å². The molecular formula is C26H35Cl2N3O5S. The van der Waals surface area contributed by atoms with Crippen LogP contribution in [0.25, 0.3) is 0 Å². The van der Waals surface area contributed by atoms with Crippen molar-refractivity contribution in [1.82, 2.24) is 10.2 Å². The molecule has 1 atom stereocenters. The molecule has 0 saturated carbocycles. The average Bonchev–Trinajstić information content (AvgIpc) is 2.86. The van der Waals surface area contributed by atoms with Crippen LogP contribution in [0.4, 0.5) is 5.69 Å². The van der Waals surface area contributed by atoms with E-state index in [4.69, 9.17) is 27.9 Å². The second-order valence-corrected chi connectivity index (χ2v) is 11.4. The number of nitrogens with zero attached hydrogens (tertiary/aromatic N) is 2. The van der Waals surface area contributed by atoms with E-state index in [1.165, 1.54) is 16.3 Å². The van der Waals surface area contributed by atoms with Gasteiger partial charge in [0.2, 0.25) is 21.8 Å². The molecule has 0 aromatic heterocycles. The monoisotopic (exact) mass is 571 g/mol. The third-order valence-corrected chi connectivity index (χ3v) is 7.78. The minimum absolute atomic E-state index is 0.0517. The summed E-state index contributed by atoms with van der Waals surface area (Å²) in [7, 11) is -2.05. The summed E-state index contributed by atoms with van der Waals surface area (Å²) in [5.41, 5.74) is 1.21. The molecule has 0 aliphatic heterocycles. The van der Waals surface area contributed by atoms with E-state index in [0.717, 1.165) is 24.7 Å². The molecule has 0 unspecified atom stereocenters. The van der Waals surface area contributed by atoms with E-state index in [9.17, 15) is 18.0 Å². The van der Waals surface area contributed by atoms with E-state index in [1.807, 2.05) is 6.92 Å². The number of carbonyl (C=O) groups is 2. The molecule has 0 bridgehead atoms. The molecule has 2 aromatic rings. The van der Waals surface area contributed by atoms with Crippen LogP contribution < -0.4 is 14.4 Å². The minimum Gasteiger partial charge on any atom is -0.497 e. The summed E-state index contributed by atoms with van der Waals surface area (Å²) in [5, 5.41) is 3.62. The van der Waals surface area contributed by atoms with Gasteiger partial charge >= 0.3 is 0 Å². The summed E-state index contributed by atoms with van der Waals surface area (Å²) < 4.78 is 31.3. The summed E-state index contributed by atoms with van der Waals surface area (Å²) >= 11 is 12.2. The molecule has 0 saturated heterocycles. The summed E-state index contributed by atoms with van der Waals surface area (Å²) in [6.45, 7) is 4.50. The highest BCUT2D eigenvalue weighted by molar-refractivity contribution is 7.92. The lowest BCUT2D eigenvalue weighted by molar-refractivity contribution is -0.140. The Morgan fingerprint density at radius 2 is 1.73 bits per heavy atom. The molecule has 0 fully saturated rings. The van der Waals surface area contributed by atoms with Gasteiger partial charge in [-0.3, -0.25) is 13.9 Å². The van der Waals surface area contributed by atoms with Crippen LogP contribution in [-0.2, 0) is 26.2 Å². The third kappa shape index (κ3) is 9.39. The maximum absolute atomic E-state index is 13.3. The first kappa shape index (κ1) is 30.7. The minimum atomic E-state index is -3.58. The smallest absolute Gasteiger partial charge is 0.242 e. The largest absolute Gasteiger partial charge is 0.497 e. The highest BCUT2D eigenvalue weighted by atomic mass is 35.5. The molecule has 8 nitrogen and oxygen atoms in total. The van der Waals surface area contributed by atoms with Crippen molar-refractivity contribution < 1.29 is 22.7 Å². The first-order chi connectivity index (χ1) is 17.5. The number of carbonyl (C=O) groups excluding carboxylic acids is 2. The predicted octanol–water partition coefficient (Wildman–Crippen LogP) is 4.88. The number of sulfonamides is 1. The Morgan fingerprint density at radius 1 is 1.05 bits per heavy atom. The molecule has 0 aliphatic carbocycles. The number of methoxy groups -OCH3 is 1. The first-order valence-corrected chi connectivity index (χ1v) is 14.7. The average molecular weight is 573 g/mol. The van der Waals surface area contributed by atoms with Gasteiger partial charge in [-0.1, -0.05) is 42.6 Å². The van der Waals surface area contributed by atoms with Crippen LogP contribution in [0.15, 0.2) is 42.5 Å². The zero-order chi connectivity index (χ0) is 27.6. The number of nitrogens with one attached hydrogen (secondary N) is 1. The molecule has 2 aromatic carbocycles. The van der Waals surface area contributed by atoms with Crippen molar-refractivity contribution in [3.63, 3.8) is 0 Å². The van der Waals surface area contributed by atoms with E-state index < -0.39 is 16.1 Å². The number of amides is 2. The number of unbranched alkanes of at least 4 members (excludes halogenated alkanes) is 1. The number of anilines is 1. The molecule has 0 aliphatic rings. The van der Waals surface area contributed by atoms with Crippen molar-refractivity contribution in [2.45, 2.75) is 52.1 Å². The van der Waals surface area contributed by atoms with Crippen molar-refractivity contribution in [2.75, 3.05) is 30.8 Å². The molecule has 0 radical (unpaired) electrons. The van der Waals surface area contributed by atoms with Crippen molar-refractivity contribution >= 4 is 50.7 Å². The van der Waals surface area contributed by atoms with Crippen LogP contribution in [0.2, 0.25) is 10.0 Å². The summed E-state index contributed by atoms with van der Waals surface area (Å²) in [5.74, 6) is 0.0850. The van der Waals surface area contributed by atoms with E-state index in [1.54, 1.807) is 49.4 Å².